The number of amides is 2. The van der Waals surface area contributed by atoms with Crippen molar-refractivity contribution in [3.63, 3.8) is 0 Å². The van der Waals surface area contributed by atoms with Crippen LogP contribution in [0.1, 0.15) is 67.7 Å². The highest BCUT2D eigenvalue weighted by Crippen LogP contribution is 2.40. The summed E-state index contributed by atoms with van der Waals surface area (Å²) in [7, 11) is 3.36. The fourth-order valence-electron chi connectivity index (χ4n) is 2.72. The first kappa shape index (κ1) is 38.6. The number of ether oxygens (including phenoxy) is 5. The second-order valence-corrected chi connectivity index (χ2v) is 13.4. The largest absolute Gasteiger partial charge is 0.450 e. The Morgan fingerprint density at radius 2 is 1.43 bits per heavy atom. The number of unbranched alkanes of at least 4 members (excludes halogenated alkanes) is 1. The first-order valence-electron chi connectivity index (χ1n) is 14.2. The third-order valence-corrected chi connectivity index (χ3v) is 8.48. The molecule has 0 radical (unpaired) electrons. The summed E-state index contributed by atoms with van der Waals surface area (Å²) < 4.78 is 27.1. The number of hydrogen-bond donors (Lipinski definition) is 3. The number of nitrogens with one attached hydrogen (secondary N) is 3. The predicted molar refractivity (Wildman–Crippen MR) is 165 cm³/mol. The van der Waals surface area contributed by atoms with Gasteiger partial charge in [0.2, 0.25) is 0 Å². The molecule has 40 heavy (non-hydrogen) atoms. The van der Waals surface area contributed by atoms with Crippen LogP contribution in [-0.2, 0) is 23.7 Å². The molecule has 0 spiro atoms. The molecule has 0 aliphatic carbocycles. The normalized spacial score (nSPS) is 12.1. The van der Waals surface area contributed by atoms with Crippen molar-refractivity contribution in [1.29, 1.82) is 0 Å². The molecular weight excluding hydrogens is 554 g/mol. The van der Waals surface area contributed by atoms with Gasteiger partial charge in [-0.05, 0) is 40.0 Å². The van der Waals surface area contributed by atoms with E-state index in [1.165, 1.54) is 0 Å². The molecule has 0 unspecified atom stereocenters. The lowest BCUT2D eigenvalue weighted by molar-refractivity contribution is 0.0489. The minimum atomic E-state index is -0.445. The Labute approximate surface area is 250 Å². The standard InChI is InChI=1S/C28H53N3O7S2/c1-23(2)11-10-13-30-26(32)37-17-9-8-16-36-25(5)39-40-28(6,7)12-18-38-27(33)31-15-20-35-22-21-34-19-14-29-24(3)4/h23-25,29H,8-9,12-22H2,1-7H3,(H,30,32)(H,31,33)/t25-/m0/s1. The first-order chi connectivity index (χ1) is 19.0. The summed E-state index contributed by atoms with van der Waals surface area (Å²) in [4.78, 5) is 23.4. The molecule has 2 amide bonds. The molecule has 1 atom stereocenters. The minimum Gasteiger partial charge on any atom is -0.450 e. The van der Waals surface area contributed by atoms with Gasteiger partial charge in [0.15, 0.2) is 0 Å². The zero-order valence-corrected chi connectivity index (χ0v) is 27.2. The van der Waals surface area contributed by atoms with Crippen LogP contribution in [0, 0.1) is 17.8 Å². The van der Waals surface area contributed by atoms with Crippen LogP contribution < -0.4 is 16.0 Å². The molecule has 234 valence electrons. The van der Waals surface area contributed by atoms with E-state index in [-0.39, 0.29) is 16.1 Å². The summed E-state index contributed by atoms with van der Waals surface area (Å²) in [5.41, 5.74) is 0.0133. The van der Waals surface area contributed by atoms with E-state index >= 15 is 0 Å². The average Bonchev–Trinajstić information content (AvgIpc) is 2.88. The highest BCUT2D eigenvalue weighted by molar-refractivity contribution is 8.77. The Morgan fingerprint density at radius 1 is 0.800 bits per heavy atom. The third-order valence-electron chi connectivity index (χ3n) is 4.87. The second kappa shape index (κ2) is 25.4. The van der Waals surface area contributed by atoms with Crippen LogP contribution in [0.15, 0.2) is 0 Å². The van der Waals surface area contributed by atoms with Crippen LogP contribution in [0.5, 0.6) is 0 Å². The fraction of sp³-hybridized carbons (Fsp3) is 0.857. The fourth-order valence-corrected chi connectivity index (χ4v) is 5.03. The Morgan fingerprint density at radius 3 is 2.10 bits per heavy atom. The lowest BCUT2D eigenvalue weighted by Gasteiger charge is -2.24. The van der Waals surface area contributed by atoms with E-state index in [9.17, 15) is 9.59 Å². The molecule has 0 aromatic rings. The molecule has 0 saturated carbocycles. The number of rotatable bonds is 23. The summed E-state index contributed by atoms with van der Waals surface area (Å²) in [6.07, 6.45) is 1.37. The van der Waals surface area contributed by atoms with Gasteiger partial charge >= 0.3 is 12.2 Å². The monoisotopic (exact) mass is 607 g/mol. The van der Waals surface area contributed by atoms with E-state index in [4.69, 9.17) is 23.7 Å². The molecule has 0 rings (SSSR count). The van der Waals surface area contributed by atoms with Crippen molar-refractivity contribution in [1.82, 2.24) is 16.0 Å². The maximum absolute atomic E-state index is 11.9. The van der Waals surface area contributed by atoms with Crippen molar-refractivity contribution in [3.8, 4) is 11.8 Å². The van der Waals surface area contributed by atoms with Crippen molar-refractivity contribution in [2.75, 3.05) is 65.9 Å². The molecule has 12 heteroatoms. The Hall–Kier alpha value is -1.36. The van der Waals surface area contributed by atoms with Crippen LogP contribution in [0.2, 0.25) is 0 Å². The third kappa shape index (κ3) is 28.2. The molecule has 0 aromatic carbocycles. The molecule has 0 aliphatic rings. The van der Waals surface area contributed by atoms with Gasteiger partial charge in [0.25, 0.3) is 0 Å². The summed E-state index contributed by atoms with van der Waals surface area (Å²) >= 11 is 0. The van der Waals surface area contributed by atoms with E-state index in [1.807, 2.05) is 20.8 Å². The number of alkyl carbamates (subject to hydrolysis) is 2. The maximum atomic E-state index is 11.9. The van der Waals surface area contributed by atoms with Gasteiger partial charge in [-0.15, -0.1) is 0 Å². The average molecular weight is 608 g/mol. The quantitative estimate of drug-likeness (QED) is 0.0646. The SMILES string of the molecule is CC(C)C#CCNC(=O)OCCCCO[C@H](C)SSC(C)(C)CCOC(=O)NCCOCCOCCNC(C)C. The lowest BCUT2D eigenvalue weighted by Crippen LogP contribution is -2.30. The topological polar surface area (TPSA) is 116 Å². The zero-order chi connectivity index (χ0) is 30.1. The molecule has 0 bridgehead atoms. The Bertz CT molecular complexity index is 716. The van der Waals surface area contributed by atoms with Crippen LogP contribution in [0.25, 0.3) is 0 Å². The van der Waals surface area contributed by atoms with Crippen LogP contribution >= 0.6 is 21.6 Å². The van der Waals surface area contributed by atoms with Crippen molar-refractivity contribution < 1.29 is 33.3 Å². The van der Waals surface area contributed by atoms with E-state index in [1.54, 1.807) is 21.6 Å². The van der Waals surface area contributed by atoms with Crippen LogP contribution in [-0.4, -0.2) is 94.3 Å². The van der Waals surface area contributed by atoms with E-state index in [0.717, 1.165) is 19.4 Å². The maximum Gasteiger partial charge on any atom is 0.407 e. The van der Waals surface area contributed by atoms with Gasteiger partial charge in [-0.25, -0.2) is 9.59 Å². The molecule has 3 N–H and O–H groups in total. The molecule has 0 fully saturated rings. The smallest absolute Gasteiger partial charge is 0.407 e. The summed E-state index contributed by atoms with van der Waals surface area (Å²) in [6, 6.07) is 0.454. The number of carbonyl (C=O) groups is 2. The second-order valence-electron chi connectivity index (χ2n) is 10.2. The van der Waals surface area contributed by atoms with Crippen LogP contribution in [0.4, 0.5) is 9.59 Å². The molecule has 10 nitrogen and oxygen atoms in total. The van der Waals surface area contributed by atoms with E-state index in [0.29, 0.717) is 71.8 Å². The first-order valence-corrected chi connectivity index (χ1v) is 16.4. The summed E-state index contributed by atoms with van der Waals surface area (Å²) in [5, 5.41) is 8.58. The number of hydrogen-bond acceptors (Lipinski definition) is 10. The van der Waals surface area contributed by atoms with Crippen molar-refractivity contribution in [2.24, 2.45) is 5.92 Å². The summed E-state index contributed by atoms with van der Waals surface area (Å²) in [6.45, 7) is 19.3. The van der Waals surface area contributed by atoms with E-state index < -0.39 is 12.2 Å². The van der Waals surface area contributed by atoms with Gasteiger partial charge in [0.05, 0.1) is 46.2 Å². The van der Waals surface area contributed by atoms with Gasteiger partial charge in [0.1, 0.15) is 5.44 Å². The Kier molecular flexibility index (Phi) is 24.5. The minimum absolute atomic E-state index is 0.0133. The van der Waals surface area contributed by atoms with Gasteiger partial charge < -0.3 is 39.6 Å². The van der Waals surface area contributed by atoms with Crippen LogP contribution in [0.3, 0.4) is 0 Å². The van der Waals surface area contributed by atoms with Gasteiger partial charge in [-0.2, -0.15) is 0 Å². The van der Waals surface area contributed by atoms with Gasteiger partial charge in [0, 0.05) is 36.4 Å². The lowest BCUT2D eigenvalue weighted by atomic mass is 10.1. The van der Waals surface area contributed by atoms with Crippen molar-refractivity contribution in [3.05, 3.63) is 0 Å². The molecule has 0 aromatic heterocycles. The van der Waals surface area contributed by atoms with Crippen molar-refractivity contribution >= 4 is 33.8 Å². The molecular formula is C28H53N3O7S2. The molecule has 0 aliphatic heterocycles. The van der Waals surface area contributed by atoms with Gasteiger partial charge in [-0.1, -0.05) is 61.1 Å². The van der Waals surface area contributed by atoms with Gasteiger partial charge in [-0.3, -0.25) is 0 Å². The molecule has 0 heterocycles. The highest BCUT2D eigenvalue weighted by Gasteiger charge is 2.21. The zero-order valence-electron chi connectivity index (χ0n) is 25.6. The number of carbonyl (C=O) groups excluding carboxylic acids is 2. The van der Waals surface area contributed by atoms with Crippen molar-refractivity contribution in [2.45, 2.75) is 84.0 Å². The van der Waals surface area contributed by atoms with E-state index in [2.05, 4.69) is 55.5 Å². The highest BCUT2D eigenvalue weighted by atomic mass is 33.1. The Balaban J connectivity index is 3.67. The predicted octanol–water partition coefficient (Wildman–Crippen LogP) is 4.82. The molecule has 0 saturated heterocycles. The summed E-state index contributed by atoms with van der Waals surface area (Å²) in [5.74, 6) is 6.14.